The van der Waals surface area contributed by atoms with Crippen molar-refractivity contribution in [1.29, 1.82) is 0 Å². The van der Waals surface area contributed by atoms with Gasteiger partial charge in [-0.2, -0.15) is 0 Å². The van der Waals surface area contributed by atoms with Crippen molar-refractivity contribution in [2.45, 2.75) is 33.1 Å². The highest BCUT2D eigenvalue weighted by molar-refractivity contribution is 5.96. The third kappa shape index (κ3) is 4.08. The van der Waals surface area contributed by atoms with Gasteiger partial charge in [0.1, 0.15) is 0 Å². The van der Waals surface area contributed by atoms with E-state index in [0.717, 1.165) is 29.7 Å². The fraction of sp³-hybridized carbons (Fsp3) is 0.333. The zero-order valence-electron chi connectivity index (χ0n) is 14.7. The molecule has 2 aromatic carbocycles. The van der Waals surface area contributed by atoms with E-state index >= 15 is 0 Å². The van der Waals surface area contributed by atoms with Gasteiger partial charge < -0.3 is 9.64 Å². The molecule has 4 nitrogen and oxygen atoms in total. The third-order valence-electron chi connectivity index (χ3n) is 4.69. The van der Waals surface area contributed by atoms with E-state index < -0.39 is 0 Å². The molecule has 0 aromatic heterocycles. The molecule has 0 atom stereocenters. The average Bonchev–Trinajstić information content (AvgIpc) is 2.62. The molecule has 1 heterocycles. The fourth-order valence-corrected chi connectivity index (χ4v) is 3.14. The van der Waals surface area contributed by atoms with Crippen LogP contribution < -0.4 is 4.90 Å². The second kappa shape index (κ2) is 7.51. The van der Waals surface area contributed by atoms with Crippen molar-refractivity contribution < 1.29 is 14.3 Å². The van der Waals surface area contributed by atoms with E-state index in [1.54, 1.807) is 4.90 Å². The smallest absolute Gasteiger partial charge is 0.310 e. The Hall–Kier alpha value is -2.62. The zero-order valence-corrected chi connectivity index (χ0v) is 14.7. The van der Waals surface area contributed by atoms with Gasteiger partial charge >= 0.3 is 5.97 Å². The van der Waals surface area contributed by atoms with Crippen LogP contribution >= 0.6 is 0 Å². The maximum atomic E-state index is 12.5. The van der Waals surface area contributed by atoms with Crippen LogP contribution in [-0.4, -0.2) is 25.0 Å². The van der Waals surface area contributed by atoms with Gasteiger partial charge in [-0.15, -0.1) is 0 Å². The van der Waals surface area contributed by atoms with Crippen LogP contribution in [0.2, 0.25) is 0 Å². The second-order valence-corrected chi connectivity index (χ2v) is 6.53. The monoisotopic (exact) mass is 337 g/mol. The largest absolute Gasteiger partial charge is 0.455 e. The van der Waals surface area contributed by atoms with Crippen molar-refractivity contribution in [3.05, 3.63) is 64.7 Å². The Kier molecular flexibility index (Phi) is 5.17. The minimum atomic E-state index is -0.373. The lowest BCUT2D eigenvalue weighted by Gasteiger charge is -2.29. The first kappa shape index (κ1) is 17.2. The van der Waals surface area contributed by atoms with E-state index in [0.29, 0.717) is 6.54 Å². The van der Waals surface area contributed by atoms with Gasteiger partial charge in [0.15, 0.2) is 6.61 Å². The van der Waals surface area contributed by atoms with Gasteiger partial charge in [0.05, 0.1) is 6.42 Å². The summed E-state index contributed by atoms with van der Waals surface area (Å²) in [6, 6.07) is 13.8. The third-order valence-corrected chi connectivity index (χ3v) is 4.69. The minimum Gasteiger partial charge on any atom is -0.455 e. The van der Waals surface area contributed by atoms with Crippen molar-refractivity contribution in [2.75, 3.05) is 18.1 Å². The van der Waals surface area contributed by atoms with Crippen LogP contribution in [0.25, 0.3) is 0 Å². The van der Waals surface area contributed by atoms with Gasteiger partial charge in [-0.1, -0.05) is 36.4 Å². The van der Waals surface area contributed by atoms with Crippen molar-refractivity contribution in [1.82, 2.24) is 0 Å². The molecule has 0 bridgehead atoms. The highest BCUT2D eigenvalue weighted by Crippen LogP contribution is 2.26. The van der Waals surface area contributed by atoms with Gasteiger partial charge in [0.25, 0.3) is 5.91 Å². The molecule has 1 aliphatic heterocycles. The number of benzene rings is 2. The SMILES string of the molecule is Cc1ccc(CC(=O)OCC(=O)N2CCCc3ccccc32)cc1C. The lowest BCUT2D eigenvalue weighted by molar-refractivity contribution is -0.147. The van der Waals surface area contributed by atoms with Crippen molar-refractivity contribution in [3.63, 3.8) is 0 Å². The lowest BCUT2D eigenvalue weighted by atomic mass is 10.0. The van der Waals surface area contributed by atoms with Crippen LogP contribution in [0.15, 0.2) is 42.5 Å². The molecular formula is C21H23NO3. The molecule has 0 saturated carbocycles. The maximum absolute atomic E-state index is 12.5. The van der Waals surface area contributed by atoms with Crippen LogP contribution in [0.5, 0.6) is 0 Å². The number of rotatable bonds is 4. The molecule has 0 spiro atoms. The normalized spacial score (nSPS) is 13.3. The van der Waals surface area contributed by atoms with Crippen LogP contribution in [-0.2, 0) is 27.2 Å². The van der Waals surface area contributed by atoms with Crippen LogP contribution in [0, 0.1) is 13.8 Å². The molecular weight excluding hydrogens is 314 g/mol. The molecule has 3 rings (SSSR count). The number of carbonyl (C=O) groups excluding carboxylic acids is 2. The number of hydrogen-bond acceptors (Lipinski definition) is 3. The summed E-state index contributed by atoms with van der Waals surface area (Å²) in [4.78, 5) is 26.2. The van der Waals surface area contributed by atoms with Gasteiger partial charge in [-0.05, 0) is 55.0 Å². The Morgan fingerprint density at radius 2 is 1.88 bits per heavy atom. The fourth-order valence-electron chi connectivity index (χ4n) is 3.14. The number of ether oxygens (including phenoxy) is 1. The number of esters is 1. The summed E-state index contributed by atoms with van der Waals surface area (Å²) in [7, 11) is 0. The first-order valence-electron chi connectivity index (χ1n) is 8.64. The Morgan fingerprint density at radius 3 is 2.68 bits per heavy atom. The van der Waals surface area contributed by atoms with Gasteiger partial charge in [0.2, 0.25) is 0 Å². The quantitative estimate of drug-likeness (QED) is 0.804. The molecule has 4 heteroatoms. The first-order chi connectivity index (χ1) is 12.0. The molecule has 2 aromatic rings. The Balaban J connectivity index is 1.57. The van der Waals surface area contributed by atoms with E-state index in [9.17, 15) is 9.59 Å². The van der Waals surface area contributed by atoms with E-state index in [2.05, 4.69) is 0 Å². The van der Waals surface area contributed by atoms with E-state index in [1.807, 2.05) is 56.3 Å². The summed E-state index contributed by atoms with van der Waals surface area (Å²) in [6.45, 7) is 4.51. The maximum Gasteiger partial charge on any atom is 0.310 e. The average molecular weight is 337 g/mol. The number of anilines is 1. The standard InChI is InChI=1S/C21H23NO3/c1-15-9-10-17(12-16(15)2)13-21(24)25-14-20(23)22-11-5-7-18-6-3-4-8-19(18)22/h3-4,6,8-10,12H,5,7,11,13-14H2,1-2H3. The Morgan fingerprint density at radius 1 is 1.08 bits per heavy atom. The van der Waals surface area contributed by atoms with E-state index in [-0.39, 0.29) is 24.9 Å². The molecule has 0 fully saturated rings. The molecule has 0 unspecified atom stereocenters. The molecule has 25 heavy (non-hydrogen) atoms. The van der Waals surface area contributed by atoms with Gasteiger partial charge in [0, 0.05) is 12.2 Å². The minimum absolute atomic E-state index is 0.166. The second-order valence-electron chi connectivity index (χ2n) is 6.53. The Labute approximate surface area is 148 Å². The summed E-state index contributed by atoms with van der Waals surface area (Å²) >= 11 is 0. The predicted octanol–water partition coefficient (Wildman–Crippen LogP) is 3.37. The highest BCUT2D eigenvalue weighted by Gasteiger charge is 2.23. The summed E-state index contributed by atoms with van der Waals surface area (Å²) < 4.78 is 5.22. The summed E-state index contributed by atoms with van der Waals surface area (Å²) in [5.74, 6) is -0.539. The number of fused-ring (bicyclic) bond motifs is 1. The molecule has 0 N–H and O–H groups in total. The molecule has 0 aliphatic carbocycles. The number of amides is 1. The number of para-hydroxylation sites is 1. The Bertz CT molecular complexity index is 797. The number of nitrogens with zero attached hydrogens (tertiary/aromatic N) is 1. The van der Waals surface area contributed by atoms with Gasteiger partial charge in [-0.3, -0.25) is 9.59 Å². The summed E-state index contributed by atoms with van der Waals surface area (Å²) in [5, 5.41) is 0. The highest BCUT2D eigenvalue weighted by atomic mass is 16.5. The number of hydrogen-bond donors (Lipinski definition) is 0. The van der Waals surface area contributed by atoms with Crippen LogP contribution in [0.3, 0.4) is 0 Å². The van der Waals surface area contributed by atoms with E-state index in [1.165, 1.54) is 11.1 Å². The van der Waals surface area contributed by atoms with Crippen molar-refractivity contribution >= 4 is 17.6 Å². The molecule has 1 amide bonds. The molecule has 1 aliphatic rings. The summed E-state index contributed by atoms with van der Waals surface area (Å²) in [5.41, 5.74) is 5.35. The summed E-state index contributed by atoms with van der Waals surface area (Å²) in [6.07, 6.45) is 2.09. The first-order valence-corrected chi connectivity index (χ1v) is 8.64. The molecule has 0 saturated heterocycles. The number of aryl methyl sites for hydroxylation is 3. The molecule has 130 valence electrons. The number of carbonyl (C=O) groups is 2. The van der Waals surface area contributed by atoms with Crippen molar-refractivity contribution in [3.8, 4) is 0 Å². The topological polar surface area (TPSA) is 46.6 Å². The van der Waals surface area contributed by atoms with Crippen molar-refractivity contribution in [2.24, 2.45) is 0 Å². The molecule has 0 radical (unpaired) electrons. The predicted molar refractivity (Wildman–Crippen MR) is 97.7 cm³/mol. The van der Waals surface area contributed by atoms with E-state index in [4.69, 9.17) is 4.74 Å². The van der Waals surface area contributed by atoms with Crippen LogP contribution in [0.1, 0.15) is 28.7 Å². The lowest BCUT2D eigenvalue weighted by Crippen LogP contribution is -2.38. The zero-order chi connectivity index (χ0) is 17.8. The van der Waals surface area contributed by atoms with Gasteiger partial charge in [-0.25, -0.2) is 0 Å². The van der Waals surface area contributed by atoms with Crippen LogP contribution in [0.4, 0.5) is 5.69 Å².